The van der Waals surface area contributed by atoms with Crippen LogP contribution >= 0.6 is 0 Å². The normalized spacial score (nSPS) is 10.1. The topological polar surface area (TPSA) is 33.1 Å². The Bertz CT molecular complexity index is 437. The van der Waals surface area contributed by atoms with Crippen molar-refractivity contribution in [2.24, 2.45) is 0 Å². The molecule has 1 heterocycles. The summed E-state index contributed by atoms with van der Waals surface area (Å²) in [6, 6.07) is 11.6. The summed E-state index contributed by atoms with van der Waals surface area (Å²) in [5, 5.41) is 9.79. The Labute approximate surface area is 82.9 Å². The molecule has 1 N–H and O–H groups in total. The number of aryl methyl sites for hydroxylation is 1. The fourth-order valence-electron chi connectivity index (χ4n) is 1.41. The van der Waals surface area contributed by atoms with Gasteiger partial charge in [-0.2, -0.15) is 0 Å². The molecule has 0 unspecified atom stereocenters. The van der Waals surface area contributed by atoms with Crippen LogP contribution in [0.3, 0.4) is 0 Å². The van der Waals surface area contributed by atoms with Crippen LogP contribution in [-0.2, 0) is 0 Å². The Morgan fingerprint density at radius 2 is 1.79 bits per heavy atom. The highest BCUT2D eigenvalue weighted by molar-refractivity contribution is 5.70. The molecule has 0 fully saturated rings. The minimum absolute atomic E-state index is 0.263. The van der Waals surface area contributed by atoms with Crippen LogP contribution in [0.4, 0.5) is 0 Å². The van der Waals surface area contributed by atoms with Gasteiger partial charge in [-0.05, 0) is 18.6 Å². The van der Waals surface area contributed by atoms with Gasteiger partial charge in [-0.15, -0.1) is 0 Å². The van der Waals surface area contributed by atoms with E-state index in [2.05, 4.69) is 4.98 Å². The van der Waals surface area contributed by atoms with Crippen molar-refractivity contribution in [3.05, 3.63) is 48.3 Å². The third-order valence-corrected chi connectivity index (χ3v) is 2.19. The van der Waals surface area contributed by atoms with Crippen LogP contribution in [0.5, 0.6) is 5.75 Å². The molecule has 0 saturated heterocycles. The molecule has 0 bridgehead atoms. The van der Waals surface area contributed by atoms with E-state index in [1.807, 2.05) is 36.4 Å². The fourth-order valence-corrected chi connectivity index (χ4v) is 1.41. The highest BCUT2D eigenvalue weighted by Crippen LogP contribution is 2.29. The summed E-state index contributed by atoms with van der Waals surface area (Å²) in [5.74, 6) is 0.263. The van der Waals surface area contributed by atoms with Gasteiger partial charge in [0.25, 0.3) is 0 Å². The van der Waals surface area contributed by atoms with Gasteiger partial charge in [0, 0.05) is 11.8 Å². The third kappa shape index (κ3) is 1.46. The Morgan fingerprint density at radius 3 is 2.50 bits per heavy atom. The molecule has 0 aliphatic rings. The summed E-state index contributed by atoms with van der Waals surface area (Å²) < 4.78 is 0. The average molecular weight is 185 g/mol. The van der Waals surface area contributed by atoms with Gasteiger partial charge < -0.3 is 5.11 Å². The molecule has 70 valence electrons. The maximum Gasteiger partial charge on any atom is 0.144 e. The number of pyridine rings is 1. The monoisotopic (exact) mass is 185 g/mol. The number of aromatic nitrogens is 1. The van der Waals surface area contributed by atoms with Gasteiger partial charge in [-0.25, -0.2) is 0 Å². The summed E-state index contributed by atoms with van der Waals surface area (Å²) in [5.41, 5.74) is 2.50. The fraction of sp³-hybridized carbons (Fsp3) is 0.0833. The first-order valence-corrected chi connectivity index (χ1v) is 4.49. The van der Waals surface area contributed by atoms with E-state index in [0.717, 1.165) is 11.1 Å². The van der Waals surface area contributed by atoms with Gasteiger partial charge in [0.2, 0.25) is 0 Å². The van der Waals surface area contributed by atoms with Crippen molar-refractivity contribution in [3.8, 4) is 16.9 Å². The molecule has 0 radical (unpaired) electrons. The van der Waals surface area contributed by atoms with Crippen molar-refractivity contribution in [3.63, 3.8) is 0 Å². The molecule has 2 aromatic rings. The molecule has 14 heavy (non-hydrogen) atoms. The molecule has 0 amide bonds. The molecule has 0 spiro atoms. The number of rotatable bonds is 1. The van der Waals surface area contributed by atoms with Crippen molar-refractivity contribution in [2.45, 2.75) is 6.92 Å². The van der Waals surface area contributed by atoms with Crippen molar-refractivity contribution in [1.29, 1.82) is 0 Å². The molecule has 2 heteroatoms. The summed E-state index contributed by atoms with van der Waals surface area (Å²) >= 11 is 0. The van der Waals surface area contributed by atoms with Crippen molar-refractivity contribution < 1.29 is 5.11 Å². The summed E-state index contributed by atoms with van der Waals surface area (Å²) in [6.45, 7) is 1.79. The first kappa shape index (κ1) is 8.75. The van der Waals surface area contributed by atoms with E-state index in [9.17, 15) is 5.11 Å². The first-order valence-electron chi connectivity index (χ1n) is 4.49. The van der Waals surface area contributed by atoms with E-state index in [1.54, 1.807) is 13.1 Å². The summed E-state index contributed by atoms with van der Waals surface area (Å²) in [7, 11) is 0. The molecular weight excluding hydrogens is 174 g/mol. The second-order valence-electron chi connectivity index (χ2n) is 3.16. The maximum absolute atomic E-state index is 9.79. The molecule has 2 nitrogen and oxygen atoms in total. The number of hydrogen-bond acceptors (Lipinski definition) is 2. The molecular formula is C12H11NO. The average Bonchev–Trinajstić information content (AvgIpc) is 2.23. The van der Waals surface area contributed by atoms with E-state index < -0.39 is 0 Å². The molecule has 1 aromatic carbocycles. The van der Waals surface area contributed by atoms with E-state index in [4.69, 9.17) is 0 Å². The van der Waals surface area contributed by atoms with Gasteiger partial charge in [0.15, 0.2) is 0 Å². The quantitative estimate of drug-likeness (QED) is 0.741. The number of hydrogen-bond donors (Lipinski definition) is 1. The SMILES string of the molecule is Cc1nccc(-c2ccccc2)c1O. The molecule has 0 aliphatic carbocycles. The Kier molecular flexibility index (Phi) is 2.19. The largest absolute Gasteiger partial charge is 0.505 e. The second kappa shape index (κ2) is 3.50. The summed E-state index contributed by atoms with van der Waals surface area (Å²) in [6.07, 6.45) is 1.71. The van der Waals surface area contributed by atoms with Crippen molar-refractivity contribution >= 4 is 0 Å². The van der Waals surface area contributed by atoms with Gasteiger partial charge >= 0.3 is 0 Å². The summed E-state index contributed by atoms with van der Waals surface area (Å²) in [4.78, 5) is 4.01. The van der Waals surface area contributed by atoms with Gasteiger partial charge in [0.1, 0.15) is 5.75 Å². The zero-order valence-electron chi connectivity index (χ0n) is 7.94. The Hall–Kier alpha value is -1.83. The lowest BCUT2D eigenvalue weighted by atomic mass is 10.1. The molecule has 0 aliphatic heterocycles. The van der Waals surface area contributed by atoms with E-state index in [0.29, 0.717) is 5.69 Å². The molecule has 1 aromatic heterocycles. The molecule has 2 rings (SSSR count). The molecule has 0 atom stereocenters. The zero-order valence-corrected chi connectivity index (χ0v) is 7.94. The lowest BCUT2D eigenvalue weighted by Crippen LogP contribution is -1.85. The third-order valence-electron chi connectivity index (χ3n) is 2.19. The lowest BCUT2D eigenvalue weighted by molar-refractivity contribution is 0.470. The number of benzene rings is 1. The van der Waals surface area contributed by atoms with Crippen LogP contribution in [0.2, 0.25) is 0 Å². The zero-order chi connectivity index (χ0) is 9.97. The molecule has 0 saturated carbocycles. The Balaban J connectivity index is 2.58. The van der Waals surface area contributed by atoms with Gasteiger partial charge in [-0.1, -0.05) is 30.3 Å². The van der Waals surface area contributed by atoms with Crippen LogP contribution in [0.25, 0.3) is 11.1 Å². The van der Waals surface area contributed by atoms with Crippen molar-refractivity contribution in [1.82, 2.24) is 4.98 Å². The highest BCUT2D eigenvalue weighted by atomic mass is 16.3. The minimum atomic E-state index is 0.263. The van der Waals surface area contributed by atoms with Gasteiger partial charge in [-0.3, -0.25) is 4.98 Å². The minimum Gasteiger partial charge on any atom is -0.505 e. The smallest absolute Gasteiger partial charge is 0.144 e. The maximum atomic E-state index is 9.79. The van der Waals surface area contributed by atoms with Crippen LogP contribution in [0.15, 0.2) is 42.6 Å². The number of aromatic hydroxyl groups is 1. The first-order chi connectivity index (χ1) is 6.79. The van der Waals surface area contributed by atoms with Crippen LogP contribution < -0.4 is 0 Å². The highest BCUT2D eigenvalue weighted by Gasteiger charge is 2.05. The second-order valence-corrected chi connectivity index (χ2v) is 3.16. The van der Waals surface area contributed by atoms with Crippen LogP contribution in [0, 0.1) is 6.92 Å². The lowest BCUT2D eigenvalue weighted by Gasteiger charge is -2.05. The standard InChI is InChI=1S/C12H11NO/c1-9-12(14)11(7-8-13-9)10-5-3-2-4-6-10/h2-8,14H,1H3. The van der Waals surface area contributed by atoms with Gasteiger partial charge in [0.05, 0.1) is 5.69 Å². The number of nitrogens with zero attached hydrogens (tertiary/aromatic N) is 1. The van der Waals surface area contributed by atoms with E-state index in [-0.39, 0.29) is 5.75 Å². The van der Waals surface area contributed by atoms with Crippen LogP contribution in [-0.4, -0.2) is 10.1 Å². The van der Waals surface area contributed by atoms with Crippen molar-refractivity contribution in [2.75, 3.05) is 0 Å². The Morgan fingerprint density at radius 1 is 1.07 bits per heavy atom. The predicted molar refractivity (Wildman–Crippen MR) is 56.1 cm³/mol. The predicted octanol–water partition coefficient (Wildman–Crippen LogP) is 2.76. The van der Waals surface area contributed by atoms with E-state index >= 15 is 0 Å². The van der Waals surface area contributed by atoms with Crippen LogP contribution in [0.1, 0.15) is 5.69 Å². The van der Waals surface area contributed by atoms with E-state index in [1.165, 1.54) is 0 Å².